The Balaban J connectivity index is 2.23. The van der Waals surface area contributed by atoms with Gasteiger partial charge in [0.05, 0.1) is 15.6 Å². The number of carbonyl (C=O) groups excluding carboxylic acids is 1. The zero-order valence-electron chi connectivity index (χ0n) is 10.3. The number of carbonyl (C=O) groups is 1. The van der Waals surface area contributed by atoms with Crippen LogP contribution in [0.3, 0.4) is 0 Å². The highest BCUT2D eigenvalue weighted by Crippen LogP contribution is 2.28. The van der Waals surface area contributed by atoms with Gasteiger partial charge < -0.3 is 5.32 Å². The SMILES string of the molecule is O=C(Nc1ccc([N+](=O)[O-])cc1Br)c1ccc(Cl)c(Br)c1. The Labute approximate surface area is 141 Å². The van der Waals surface area contributed by atoms with Crippen LogP contribution in [0.4, 0.5) is 11.4 Å². The standard InChI is InChI=1S/C13H7Br2ClN2O3/c14-9-5-7(1-3-11(9)16)13(19)17-12-4-2-8(18(20)21)6-10(12)15/h1-6H,(H,17,19). The fourth-order valence-electron chi connectivity index (χ4n) is 1.55. The number of non-ortho nitro benzene ring substituents is 1. The average molecular weight is 434 g/mol. The van der Waals surface area contributed by atoms with E-state index in [4.69, 9.17) is 11.6 Å². The van der Waals surface area contributed by atoms with Crippen molar-refractivity contribution in [2.24, 2.45) is 0 Å². The van der Waals surface area contributed by atoms with Crippen molar-refractivity contribution in [3.05, 3.63) is 66.0 Å². The van der Waals surface area contributed by atoms with Crippen LogP contribution in [-0.4, -0.2) is 10.8 Å². The minimum Gasteiger partial charge on any atom is -0.321 e. The van der Waals surface area contributed by atoms with Gasteiger partial charge in [-0.2, -0.15) is 0 Å². The lowest BCUT2D eigenvalue weighted by atomic mass is 10.2. The lowest BCUT2D eigenvalue weighted by Crippen LogP contribution is -2.12. The first-order valence-corrected chi connectivity index (χ1v) is 7.55. The highest BCUT2D eigenvalue weighted by atomic mass is 79.9. The van der Waals surface area contributed by atoms with Gasteiger partial charge in [0, 0.05) is 26.6 Å². The number of hydrogen-bond acceptors (Lipinski definition) is 3. The molecule has 0 radical (unpaired) electrons. The summed E-state index contributed by atoms with van der Waals surface area (Å²) in [6.45, 7) is 0. The molecule has 0 spiro atoms. The molecule has 2 aromatic rings. The fraction of sp³-hybridized carbons (Fsp3) is 0. The third-order valence-corrected chi connectivity index (χ3v) is 4.46. The Kier molecular flexibility index (Phi) is 4.97. The molecule has 0 unspecified atom stereocenters. The van der Waals surface area contributed by atoms with Crippen LogP contribution in [-0.2, 0) is 0 Å². The summed E-state index contributed by atoms with van der Waals surface area (Å²) in [6, 6.07) is 8.89. The molecule has 0 fully saturated rings. The molecule has 0 aliphatic rings. The molecule has 0 bridgehead atoms. The molecule has 1 amide bonds. The summed E-state index contributed by atoms with van der Waals surface area (Å²) in [7, 11) is 0. The van der Waals surface area contributed by atoms with Crippen LogP contribution in [0.5, 0.6) is 0 Å². The molecule has 0 heterocycles. The average Bonchev–Trinajstić information content (AvgIpc) is 2.43. The summed E-state index contributed by atoms with van der Waals surface area (Å²) in [4.78, 5) is 22.3. The van der Waals surface area contributed by atoms with E-state index in [1.807, 2.05) is 0 Å². The van der Waals surface area contributed by atoms with Gasteiger partial charge in [0.1, 0.15) is 0 Å². The predicted molar refractivity (Wildman–Crippen MR) is 87.9 cm³/mol. The highest BCUT2D eigenvalue weighted by molar-refractivity contribution is 9.11. The molecule has 5 nitrogen and oxygen atoms in total. The van der Waals surface area contributed by atoms with Gasteiger partial charge in [-0.15, -0.1) is 0 Å². The molecule has 0 aliphatic heterocycles. The van der Waals surface area contributed by atoms with Gasteiger partial charge in [0.2, 0.25) is 0 Å². The number of rotatable bonds is 3. The minimum absolute atomic E-state index is 0.0610. The third kappa shape index (κ3) is 3.81. The second kappa shape index (κ2) is 6.55. The Bertz CT molecular complexity index is 737. The molecule has 0 aliphatic carbocycles. The van der Waals surface area contributed by atoms with Gasteiger partial charge in [-0.05, 0) is 56.1 Å². The molecule has 0 saturated carbocycles. The van der Waals surface area contributed by atoms with Gasteiger partial charge >= 0.3 is 0 Å². The normalized spacial score (nSPS) is 10.2. The molecule has 2 aromatic carbocycles. The van der Waals surface area contributed by atoms with Crippen molar-refractivity contribution >= 4 is 60.7 Å². The lowest BCUT2D eigenvalue weighted by Gasteiger charge is -2.08. The number of halogens is 3. The zero-order chi connectivity index (χ0) is 15.6. The largest absolute Gasteiger partial charge is 0.321 e. The van der Waals surface area contributed by atoms with E-state index in [1.54, 1.807) is 18.2 Å². The number of anilines is 1. The molecule has 8 heteroatoms. The number of hydrogen-bond donors (Lipinski definition) is 1. The quantitative estimate of drug-likeness (QED) is 0.544. The Morgan fingerprint density at radius 2 is 1.86 bits per heavy atom. The topological polar surface area (TPSA) is 72.2 Å². The van der Waals surface area contributed by atoms with Gasteiger partial charge in [0.15, 0.2) is 0 Å². The van der Waals surface area contributed by atoms with E-state index in [9.17, 15) is 14.9 Å². The monoisotopic (exact) mass is 432 g/mol. The van der Waals surface area contributed by atoms with Gasteiger partial charge in [0.25, 0.3) is 11.6 Å². The van der Waals surface area contributed by atoms with Crippen LogP contribution in [0, 0.1) is 10.1 Å². The van der Waals surface area contributed by atoms with Crippen molar-refractivity contribution in [1.29, 1.82) is 0 Å². The molecule has 0 saturated heterocycles. The lowest BCUT2D eigenvalue weighted by molar-refractivity contribution is -0.384. The Morgan fingerprint density at radius 1 is 1.14 bits per heavy atom. The molecule has 2 rings (SSSR count). The van der Waals surface area contributed by atoms with Crippen molar-refractivity contribution in [1.82, 2.24) is 0 Å². The maximum absolute atomic E-state index is 12.1. The number of nitrogens with zero attached hydrogens (tertiary/aromatic N) is 1. The first-order chi connectivity index (χ1) is 9.88. The van der Waals surface area contributed by atoms with E-state index in [2.05, 4.69) is 37.2 Å². The third-order valence-electron chi connectivity index (χ3n) is 2.59. The summed E-state index contributed by atoms with van der Waals surface area (Å²) >= 11 is 12.3. The van der Waals surface area contributed by atoms with Gasteiger partial charge in [-0.1, -0.05) is 11.6 Å². The van der Waals surface area contributed by atoms with E-state index in [-0.39, 0.29) is 11.6 Å². The Hall–Kier alpha value is -1.44. The van der Waals surface area contributed by atoms with E-state index in [1.165, 1.54) is 18.2 Å². The van der Waals surface area contributed by atoms with Crippen LogP contribution >= 0.6 is 43.5 Å². The number of nitro benzene ring substituents is 1. The molecule has 21 heavy (non-hydrogen) atoms. The van der Waals surface area contributed by atoms with Crippen LogP contribution in [0.1, 0.15) is 10.4 Å². The summed E-state index contributed by atoms with van der Waals surface area (Å²) in [6.07, 6.45) is 0. The highest BCUT2D eigenvalue weighted by Gasteiger charge is 2.13. The number of amides is 1. The molecular weight excluding hydrogens is 427 g/mol. The Morgan fingerprint density at radius 3 is 2.43 bits per heavy atom. The van der Waals surface area contributed by atoms with E-state index >= 15 is 0 Å². The van der Waals surface area contributed by atoms with Gasteiger partial charge in [-0.25, -0.2) is 0 Å². The number of nitrogens with one attached hydrogen (secondary N) is 1. The van der Waals surface area contributed by atoms with Crippen LogP contribution in [0.25, 0.3) is 0 Å². The second-order valence-corrected chi connectivity index (χ2v) is 6.12. The van der Waals surface area contributed by atoms with Crippen molar-refractivity contribution in [2.45, 2.75) is 0 Å². The maximum atomic E-state index is 12.1. The summed E-state index contributed by atoms with van der Waals surface area (Å²) in [5, 5.41) is 13.8. The maximum Gasteiger partial charge on any atom is 0.270 e. The first kappa shape index (κ1) is 15.9. The predicted octanol–water partition coefficient (Wildman–Crippen LogP) is 5.03. The minimum atomic E-state index is -0.507. The van der Waals surface area contributed by atoms with Crippen LogP contribution < -0.4 is 5.32 Å². The summed E-state index contributed by atoms with van der Waals surface area (Å²) in [5.41, 5.74) is 0.794. The molecule has 0 aromatic heterocycles. The van der Waals surface area contributed by atoms with Crippen molar-refractivity contribution in [3.63, 3.8) is 0 Å². The molecular formula is C13H7Br2ClN2O3. The zero-order valence-corrected chi connectivity index (χ0v) is 14.2. The summed E-state index contributed by atoms with van der Waals surface area (Å²) in [5.74, 6) is -0.345. The van der Waals surface area contributed by atoms with Gasteiger partial charge in [-0.3, -0.25) is 14.9 Å². The van der Waals surface area contributed by atoms with E-state index < -0.39 is 4.92 Å². The first-order valence-electron chi connectivity index (χ1n) is 5.59. The second-order valence-electron chi connectivity index (χ2n) is 4.00. The van der Waals surface area contributed by atoms with Crippen molar-refractivity contribution < 1.29 is 9.72 Å². The fourth-order valence-corrected chi connectivity index (χ4v) is 2.51. The van der Waals surface area contributed by atoms with E-state index in [0.717, 1.165) is 0 Å². The molecule has 1 N–H and O–H groups in total. The van der Waals surface area contributed by atoms with Crippen LogP contribution in [0.15, 0.2) is 45.3 Å². The van der Waals surface area contributed by atoms with Crippen LogP contribution in [0.2, 0.25) is 5.02 Å². The molecule has 108 valence electrons. The number of nitro groups is 1. The molecule has 0 atom stereocenters. The smallest absolute Gasteiger partial charge is 0.270 e. The van der Waals surface area contributed by atoms with Crippen molar-refractivity contribution in [2.75, 3.05) is 5.32 Å². The van der Waals surface area contributed by atoms with Crippen molar-refractivity contribution in [3.8, 4) is 0 Å². The number of benzene rings is 2. The summed E-state index contributed by atoms with van der Waals surface area (Å²) < 4.78 is 1.04. The van der Waals surface area contributed by atoms with E-state index in [0.29, 0.717) is 25.2 Å².